The number of H-pyrrole nitrogens is 1. The molecule has 2 N–H and O–H groups in total. The third-order valence-corrected chi connectivity index (χ3v) is 6.72. The number of amides is 1. The fourth-order valence-corrected chi connectivity index (χ4v) is 3.79. The quantitative estimate of drug-likeness (QED) is 0.714. The van der Waals surface area contributed by atoms with Crippen molar-refractivity contribution in [1.29, 1.82) is 0 Å². The molecule has 7 nitrogen and oxygen atoms in total. The van der Waals surface area contributed by atoms with Gasteiger partial charge in [0.1, 0.15) is 11.4 Å². The molecule has 0 radical (unpaired) electrons. The zero-order valence-electron chi connectivity index (χ0n) is 19.9. The Morgan fingerprint density at radius 2 is 1.77 bits per heavy atom. The molecular weight excluding hydrogens is 393 g/mol. The maximum atomic E-state index is 12.5. The second kappa shape index (κ2) is 6.97. The Bertz CT molecular complexity index is 988. The molecule has 1 saturated carbocycles. The minimum absolute atomic E-state index is 0.0284. The average Bonchev–Trinajstić information content (AvgIpc) is 3.14. The van der Waals surface area contributed by atoms with E-state index in [1.54, 1.807) is 0 Å². The molecule has 2 heterocycles. The van der Waals surface area contributed by atoms with E-state index in [-0.39, 0.29) is 11.5 Å². The molecule has 4 rings (SSSR count). The highest BCUT2D eigenvalue weighted by molar-refractivity contribution is 6.62. The average molecular weight is 427 g/mol. The lowest BCUT2D eigenvalue weighted by Crippen LogP contribution is -2.41. The lowest BCUT2D eigenvalue weighted by molar-refractivity contribution is 0.00578. The molecule has 0 bridgehead atoms. The molecular formula is C23H34BN3O4. The Morgan fingerprint density at radius 3 is 2.32 bits per heavy atom. The first-order valence-corrected chi connectivity index (χ1v) is 11.0. The van der Waals surface area contributed by atoms with E-state index in [9.17, 15) is 4.79 Å². The topological polar surface area (TPSA) is 85.5 Å². The fraction of sp³-hybridized carbons (Fsp3) is 0.652. The Kier molecular flexibility index (Phi) is 4.98. The second-order valence-corrected chi connectivity index (χ2v) is 11.2. The Morgan fingerprint density at radius 1 is 1.16 bits per heavy atom. The number of fused-ring (bicyclic) bond motifs is 1. The summed E-state index contributed by atoms with van der Waals surface area (Å²) >= 11 is 0. The number of benzene rings is 1. The van der Waals surface area contributed by atoms with Crippen LogP contribution in [0.15, 0.2) is 18.2 Å². The van der Waals surface area contributed by atoms with Crippen molar-refractivity contribution >= 4 is 29.7 Å². The summed E-state index contributed by atoms with van der Waals surface area (Å²) < 4.78 is 17.9. The van der Waals surface area contributed by atoms with Gasteiger partial charge in [-0.25, -0.2) is 9.78 Å². The van der Waals surface area contributed by atoms with Crippen molar-refractivity contribution in [3.63, 3.8) is 0 Å². The van der Waals surface area contributed by atoms with Crippen LogP contribution >= 0.6 is 0 Å². The van der Waals surface area contributed by atoms with E-state index in [0.717, 1.165) is 35.2 Å². The monoisotopic (exact) mass is 427 g/mol. The maximum Gasteiger partial charge on any atom is 0.494 e. The standard InChI is InChI=1S/C23H34BN3O4/c1-20(2,3)29-19(28)27-17(23(8)11-12-23)18-25-15-10-9-14(13-16(15)26-18)24-30-21(4,5)22(6,7)31-24/h9-10,13,17H,11-12H2,1-8H3,(H,25,26)(H,27,28)/t17-/m1/s1. The van der Waals surface area contributed by atoms with Gasteiger partial charge in [-0.05, 0) is 84.3 Å². The summed E-state index contributed by atoms with van der Waals surface area (Å²) in [6.07, 6.45) is 1.64. The highest BCUT2D eigenvalue weighted by atomic mass is 16.7. The largest absolute Gasteiger partial charge is 0.494 e. The molecule has 0 spiro atoms. The molecule has 2 fully saturated rings. The van der Waals surface area contributed by atoms with Crippen LogP contribution in [0.25, 0.3) is 11.0 Å². The van der Waals surface area contributed by atoms with Gasteiger partial charge in [-0.2, -0.15) is 0 Å². The third-order valence-electron chi connectivity index (χ3n) is 6.72. The molecule has 1 aliphatic heterocycles. The number of rotatable bonds is 4. The lowest BCUT2D eigenvalue weighted by atomic mass is 9.79. The number of alkyl carbamates (subject to hydrolysis) is 1. The van der Waals surface area contributed by atoms with E-state index in [4.69, 9.17) is 19.0 Å². The highest BCUT2D eigenvalue weighted by Gasteiger charge is 2.52. The molecule has 168 valence electrons. The maximum absolute atomic E-state index is 12.5. The van der Waals surface area contributed by atoms with Crippen LogP contribution in [0.3, 0.4) is 0 Å². The van der Waals surface area contributed by atoms with E-state index >= 15 is 0 Å². The van der Waals surface area contributed by atoms with Gasteiger partial charge in [0, 0.05) is 0 Å². The van der Waals surface area contributed by atoms with Gasteiger partial charge in [0.2, 0.25) is 0 Å². The number of hydrogen-bond donors (Lipinski definition) is 2. The van der Waals surface area contributed by atoms with Gasteiger partial charge in [-0.15, -0.1) is 0 Å². The third kappa shape index (κ3) is 4.33. The van der Waals surface area contributed by atoms with E-state index in [1.807, 2.05) is 66.7 Å². The smallest absolute Gasteiger partial charge is 0.444 e. The minimum atomic E-state index is -0.551. The molecule has 31 heavy (non-hydrogen) atoms. The van der Waals surface area contributed by atoms with E-state index < -0.39 is 30.0 Å². The summed E-state index contributed by atoms with van der Waals surface area (Å²) in [5, 5.41) is 3.04. The first kappa shape index (κ1) is 22.2. The van der Waals surface area contributed by atoms with Gasteiger partial charge in [-0.1, -0.05) is 13.0 Å². The lowest BCUT2D eigenvalue weighted by Gasteiger charge is -2.32. The molecule has 2 aliphatic rings. The summed E-state index contributed by atoms with van der Waals surface area (Å²) in [6, 6.07) is 5.74. The van der Waals surface area contributed by atoms with Crippen molar-refractivity contribution in [3.8, 4) is 0 Å². The van der Waals surface area contributed by atoms with E-state index in [0.29, 0.717) is 0 Å². The van der Waals surface area contributed by atoms with Crippen molar-refractivity contribution in [3.05, 3.63) is 24.0 Å². The van der Waals surface area contributed by atoms with Crippen molar-refractivity contribution in [2.75, 3.05) is 0 Å². The molecule has 0 unspecified atom stereocenters. The zero-order chi connectivity index (χ0) is 22.8. The van der Waals surface area contributed by atoms with Crippen molar-refractivity contribution in [2.24, 2.45) is 5.41 Å². The minimum Gasteiger partial charge on any atom is -0.444 e. The SMILES string of the molecule is CC(C)(C)OC(=O)N[C@H](c1nc2ccc(B3OC(C)(C)C(C)(C)O3)cc2[nH]1)C1(C)CC1. The Hall–Kier alpha value is -2.06. The van der Waals surface area contributed by atoms with Gasteiger partial charge in [0.25, 0.3) is 0 Å². The number of carbonyl (C=O) groups is 1. The summed E-state index contributed by atoms with van der Waals surface area (Å²) in [4.78, 5) is 20.7. The number of aromatic nitrogens is 2. The van der Waals surface area contributed by atoms with E-state index in [1.165, 1.54) is 0 Å². The number of nitrogens with one attached hydrogen (secondary N) is 2. The number of carbonyl (C=O) groups excluding carboxylic acids is 1. The van der Waals surface area contributed by atoms with Crippen LogP contribution in [-0.4, -0.2) is 40.0 Å². The van der Waals surface area contributed by atoms with Gasteiger partial charge in [0.15, 0.2) is 0 Å². The first-order chi connectivity index (χ1) is 14.2. The predicted octanol–water partition coefficient (Wildman–Crippen LogP) is 4.23. The molecule has 8 heteroatoms. The molecule has 1 aromatic carbocycles. The number of imidazole rings is 1. The summed E-state index contributed by atoms with van der Waals surface area (Å²) in [5.41, 5.74) is 1.31. The van der Waals surface area contributed by atoms with Gasteiger partial charge in [-0.3, -0.25) is 0 Å². The van der Waals surface area contributed by atoms with Gasteiger partial charge < -0.3 is 24.3 Å². The van der Waals surface area contributed by atoms with Crippen molar-refractivity contribution in [1.82, 2.24) is 15.3 Å². The molecule has 1 amide bonds. The van der Waals surface area contributed by atoms with E-state index in [2.05, 4.69) is 17.2 Å². The Labute approximate surface area is 184 Å². The molecule has 1 aliphatic carbocycles. The number of aromatic amines is 1. The summed E-state index contributed by atoms with van der Waals surface area (Å²) in [6.45, 7) is 15.9. The molecule has 1 atom stereocenters. The van der Waals surface area contributed by atoms with Crippen molar-refractivity contribution < 1.29 is 18.8 Å². The molecule has 2 aromatic rings. The summed E-state index contributed by atoms with van der Waals surface area (Å²) in [5.74, 6) is 0.743. The van der Waals surface area contributed by atoms with Crippen LogP contribution < -0.4 is 10.8 Å². The van der Waals surface area contributed by atoms with Gasteiger partial charge >= 0.3 is 13.2 Å². The molecule has 1 saturated heterocycles. The number of hydrogen-bond acceptors (Lipinski definition) is 5. The van der Waals surface area contributed by atoms with Crippen LogP contribution in [0.4, 0.5) is 4.79 Å². The van der Waals surface area contributed by atoms with Crippen molar-refractivity contribution in [2.45, 2.75) is 91.1 Å². The second-order valence-electron chi connectivity index (χ2n) is 11.2. The summed E-state index contributed by atoms with van der Waals surface area (Å²) in [7, 11) is -0.433. The highest BCUT2D eigenvalue weighted by Crippen LogP contribution is 2.54. The van der Waals surface area contributed by atoms with Crippen LogP contribution in [0.1, 0.15) is 80.1 Å². The van der Waals surface area contributed by atoms with Crippen LogP contribution in [-0.2, 0) is 14.0 Å². The van der Waals surface area contributed by atoms with Crippen LogP contribution in [0, 0.1) is 5.41 Å². The zero-order valence-corrected chi connectivity index (χ0v) is 19.9. The predicted molar refractivity (Wildman–Crippen MR) is 121 cm³/mol. The normalized spacial score (nSPS) is 22.4. The number of nitrogens with zero attached hydrogens (tertiary/aromatic N) is 1. The fourth-order valence-electron chi connectivity index (χ4n) is 3.79. The Balaban J connectivity index is 1.60. The van der Waals surface area contributed by atoms with Gasteiger partial charge in [0.05, 0.1) is 28.3 Å². The van der Waals surface area contributed by atoms with Crippen LogP contribution in [0.2, 0.25) is 0 Å². The number of ether oxygens (including phenoxy) is 1. The molecule has 1 aromatic heterocycles. The van der Waals surface area contributed by atoms with Crippen LogP contribution in [0.5, 0.6) is 0 Å². The first-order valence-electron chi connectivity index (χ1n) is 11.0.